The molecule has 2 aromatic carbocycles. The quantitative estimate of drug-likeness (QED) is 0.735. The van der Waals surface area contributed by atoms with Crippen molar-refractivity contribution >= 4 is 21.7 Å². The van der Waals surface area contributed by atoms with Crippen molar-refractivity contribution in [3.05, 3.63) is 59.9 Å². The predicted octanol–water partition coefficient (Wildman–Crippen LogP) is 2.27. The Morgan fingerprint density at radius 1 is 1.10 bits per heavy atom. The monoisotopic (exact) mass is 446 g/mol. The van der Waals surface area contributed by atoms with E-state index in [0.29, 0.717) is 24.5 Å². The molecular weight excluding hydrogens is 423 g/mol. The molecule has 2 saturated heterocycles. The first kappa shape index (κ1) is 21.3. The number of amides is 2. The molecule has 0 saturated carbocycles. The van der Waals surface area contributed by atoms with Crippen LogP contribution in [0.4, 0.5) is 4.39 Å². The fourth-order valence-electron chi connectivity index (χ4n) is 3.93. The van der Waals surface area contributed by atoms with Crippen molar-refractivity contribution in [3.8, 4) is 11.5 Å². The molecule has 1 N–H and O–H groups in total. The number of likely N-dealkylation sites (tertiary alicyclic amines) is 1. The number of ether oxygens (including phenoxy) is 1. The van der Waals surface area contributed by atoms with Crippen molar-refractivity contribution in [1.29, 1.82) is 0 Å². The molecule has 2 fully saturated rings. The highest BCUT2D eigenvalue weighted by molar-refractivity contribution is 7.91. The Hall–Kier alpha value is -2.94. The van der Waals surface area contributed by atoms with E-state index in [4.69, 9.17) is 4.74 Å². The third-order valence-electron chi connectivity index (χ3n) is 5.62. The highest BCUT2D eigenvalue weighted by atomic mass is 32.2. The summed E-state index contributed by atoms with van der Waals surface area (Å²) in [6.45, 7) is 0.563. The number of hydrogen-bond acceptors (Lipinski definition) is 5. The first-order chi connectivity index (χ1) is 14.8. The van der Waals surface area contributed by atoms with Gasteiger partial charge in [-0.2, -0.15) is 0 Å². The van der Waals surface area contributed by atoms with Gasteiger partial charge in [0, 0.05) is 25.6 Å². The summed E-state index contributed by atoms with van der Waals surface area (Å²) in [6.07, 6.45) is 0.543. The maximum atomic E-state index is 13.0. The van der Waals surface area contributed by atoms with E-state index >= 15 is 0 Å². The van der Waals surface area contributed by atoms with Gasteiger partial charge in [-0.25, -0.2) is 12.8 Å². The van der Waals surface area contributed by atoms with Crippen molar-refractivity contribution in [2.45, 2.75) is 25.4 Å². The maximum Gasteiger partial charge on any atom is 0.225 e. The van der Waals surface area contributed by atoms with Crippen molar-refractivity contribution < 1.29 is 27.1 Å². The number of halogens is 1. The van der Waals surface area contributed by atoms with Crippen LogP contribution in [0.25, 0.3) is 0 Å². The fraction of sp³-hybridized carbons (Fsp3) is 0.364. The second-order valence-corrected chi connectivity index (χ2v) is 10.2. The van der Waals surface area contributed by atoms with Gasteiger partial charge in [-0.3, -0.25) is 9.59 Å². The molecular formula is C22H23FN2O5S. The van der Waals surface area contributed by atoms with Gasteiger partial charge in [0.25, 0.3) is 0 Å². The fourth-order valence-corrected chi connectivity index (χ4v) is 5.66. The average Bonchev–Trinajstić information content (AvgIpc) is 3.30. The summed E-state index contributed by atoms with van der Waals surface area (Å²) in [5, 5.41) is 2.85. The maximum absolute atomic E-state index is 13.0. The van der Waals surface area contributed by atoms with Crippen LogP contribution in [-0.2, 0) is 26.0 Å². The molecule has 2 aliphatic heterocycles. The molecule has 0 aliphatic carbocycles. The third kappa shape index (κ3) is 5.22. The Bertz CT molecular complexity index is 1070. The highest BCUT2D eigenvalue weighted by Crippen LogP contribution is 2.26. The van der Waals surface area contributed by atoms with Crippen LogP contribution in [-0.4, -0.2) is 49.2 Å². The van der Waals surface area contributed by atoms with E-state index in [1.54, 1.807) is 17.0 Å². The summed E-state index contributed by atoms with van der Waals surface area (Å²) in [5.41, 5.74) is 0.864. The van der Waals surface area contributed by atoms with E-state index in [-0.39, 0.29) is 48.1 Å². The van der Waals surface area contributed by atoms with Crippen LogP contribution in [0.1, 0.15) is 18.4 Å². The van der Waals surface area contributed by atoms with E-state index < -0.39 is 15.8 Å². The van der Waals surface area contributed by atoms with Gasteiger partial charge in [0.1, 0.15) is 17.3 Å². The Morgan fingerprint density at radius 3 is 2.35 bits per heavy atom. The van der Waals surface area contributed by atoms with Crippen LogP contribution in [0, 0.1) is 11.7 Å². The molecule has 9 heteroatoms. The minimum atomic E-state index is -3.09. The number of hydrogen-bond donors (Lipinski definition) is 1. The van der Waals surface area contributed by atoms with Gasteiger partial charge in [-0.15, -0.1) is 0 Å². The SMILES string of the molecule is O=C(NCc1ccc(Oc2ccc(F)cc2)cc1)[C@H]1CC(=O)N([C@@H]2CCS(=O)(=O)C2)C1. The molecule has 31 heavy (non-hydrogen) atoms. The molecule has 0 bridgehead atoms. The summed E-state index contributed by atoms with van der Waals surface area (Å²) in [6, 6.07) is 12.5. The normalized spacial score (nSPS) is 22.5. The number of carbonyl (C=O) groups is 2. The number of benzene rings is 2. The van der Waals surface area contributed by atoms with Crippen LogP contribution in [0.3, 0.4) is 0 Å². The summed E-state index contributed by atoms with van der Waals surface area (Å²) in [7, 11) is -3.09. The van der Waals surface area contributed by atoms with Gasteiger partial charge in [0.05, 0.1) is 17.4 Å². The molecule has 2 heterocycles. The Labute approximate surface area is 180 Å². The molecule has 2 aliphatic rings. The van der Waals surface area contributed by atoms with Gasteiger partial charge in [-0.1, -0.05) is 12.1 Å². The highest BCUT2D eigenvalue weighted by Gasteiger charge is 2.41. The van der Waals surface area contributed by atoms with Crippen LogP contribution in [0.5, 0.6) is 11.5 Å². The zero-order valence-corrected chi connectivity index (χ0v) is 17.6. The lowest BCUT2D eigenvalue weighted by Crippen LogP contribution is -2.39. The van der Waals surface area contributed by atoms with Crippen molar-refractivity contribution in [2.24, 2.45) is 5.92 Å². The molecule has 2 amide bonds. The smallest absolute Gasteiger partial charge is 0.225 e. The van der Waals surface area contributed by atoms with E-state index in [1.807, 2.05) is 12.1 Å². The van der Waals surface area contributed by atoms with E-state index in [0.717, 1.165) is 5.56 Å². The van der Waals surface area contributed by atoms with Gasteiger partial charge >= 0.3 is 0 Å². The lowest BCUT2D eigenvalue weighted by molar-refractivity contribution is -0.130. The predicted molar refractivity (Wildman–Crippen MR) is 112 cm³/mol. The van der Waals surface area contributed by atoms with Gasteiger partial charge in [0.2, 0.25) is 11.8 Å². The van der Waals surface area contributed by atoms with Crippen LogP contribution in [0.2, 0.25) is 0 Å². The molecule has 7 nitrogen and oxygen atoms in total. The topological polar surface area (TPSA) is 92.8 Å². The van der Waals surface area contributed by atoms with Gasteiger partial charge < -0.3 is 15.0 Å². The van der Waals surface area contributed by atoms with Gasteiger partial charge in [-0.05, 0) is 48.4 Å². The third-order valence-corrected chi connectivity index (χ3v) is 7.37. The molecule has 164 valence electrons. The summed E-state index contributed by atoms with van der Waals surface area (Å²) < 4.78 is 42.0. The zero-order chi connectivity index (χ0) is 22.0. The Balaban J connectivity index is 1.28. The Kier molecular flexibility index (Phi) is 5.95. The summed E-state index contributed by atoms with van der Waals surface area (Å²) in [5.74, 6) is 0.000254. The van der Waals surface area contributed by atoms with Crippen molar-refractivity contribution in [1.82, 2.24) is 10.2 Å². The minimum absolute atomic E-state index is 0.0145. The lowest BCUT2D eigenvalue weighted by Gasteiger charge is -2.22. The molecule has 2 aromatic rings. The van der Waals surface area contributed by atoms with Crippen molar-refractivity contribution in [2.75, 3.05) is 18.1 Å². The number of sulfone groups is 1. The minimum Gasteiger partial charge on any atom is -0.457 e. The summed E-state index contributed by atoms with van der Waals surface area (Å²) >= 11 is 0. The van der Waals surface area contributed by atoms with E-state index in [2.05, 4.69) is 5.32 Å². The molecule has 4 rings (SSSR count). The molecule has 0 radical (unpaired) electrons. The van der Waals surface area contributed by atoms with Crippen LogP contribution in [0.15, 0.2) is 48.5 Å². The van der Waals surface area contributed by atoms with Crippen LogP contribution < -0.4 is 10.1 Å². The number of nitrogens with one attached hydrogen (secondary N) is 1. The zero-order valence-electron chi connectivity index (χ0n) is 16.8. The second kappa shape index (κ2) is 8.66. The Morgan fingerprint density at radius 2 is 1.74 bits per heavy atom. The number of nitrogens with zero attached hydrogens (tertiary/aromatic N) is 1. The second-order valence-electron chi connectivity index (χ2n) is 7.92. The largest absolute Gasteiger partial charge is 0.457 e. The van der Waals surface area contributed by atoms with Crippen molar-refractivity contribution in [3.63, 3.8) is 0 Å². The first-order valence-corrected chi connectivity index (χ1v) is 11.9. The molecule has 2 atom stereocenters. The van der Waals surface area contributed by atoms with E-state index in [1.165, 1.54) is 24.3 Å². The van der Waals surface area contributed by atoms with Crippen LogP contribution >= 0.6 is 0 Å². The molecule has 0 aromatic heterocycles. The molecule has 0 unspecified atom stereocenters. The first-order valence-electron chi connectivity index (χ1n) is 10.1. The van der Waals surface area contributed by atoms with Gasteiger partial charge in [0.15, 0.2) is 9.84 Å². The average molecular weight is 447 g/mol. The molecule has 0 spiro atoms. The number of carbonyl (C=O) groups excluding carboxylic acids is 2. The standard InChI is InChI=1S/C22H23FN2O5S/c23-17-3-7-20(8-4-17)30-19-5-1-15(2-6-19)12-24-22(27)16-11-21(26)25(13-16)18-9-10-31(28,29)14-18/h1-8,16,18H,9-14H2,(H,24,27)/t16-,18+/m0/s1. The van der Waals surface area contributed by atoms with E-state index in [9.17, 15) is 22.4 Å². The lowest BCUT2D eigenvalue weighted by atomic mass is 10.1. The summed E-state index contributed by atoms with van der Waals surface area (Å²) in [4.78, 5) is 26.4. The number of rotatable bonds is 6.